The Hall–Kier alpha value is -1.86. The topological polar surface area (TPSA) is 76.0 Å². The number of benzene rings is 1. The van der Waals surface area contributed by atoms with Crippen molar-refractivity contribution in [1.82, 2.24) is 14.5 Å². The van der Waals surface area contributed by atoms with E-state index >= 15 is 0 Å². The fourth-order valence-corrected chi connectivity index (χ4v) is 2.69. The number of anilines is 1. The van der Waals surface area contributed by atoms with Gasteiger partial charge in [-0.1, -0.05) is 6.07 Å². The molecule has 0 spiro atoms. The number of nitrogens with one attached hydrogen (secondary N) is 2. The Balaban J connectivity index is 2.15. The van der Waals surface area contributed by atoms with E-state index in [0.717, 1.165) is 16.9 Å². The average Bonchev–Trinajstić information content (AvgIpc) is 2.75. The molecule has 20 heavy (non-hydrogen) atoms. The van der Waals surface area contributed by atoms with Crippen LogP contribution in [0, 0.1) is 6.92 Å². The average molecular weight is 294 g/mol. The maximum atomic E-state index is 11.7. The minimum absolute atomic E-state index is 0.243. The summed E-state index contributed by atoms with van der Waals surface area (Å²) in [6, 6.07) is 6.72. The Morgan fingerprint density at radius 2 is 2.10 bits per heavy atom. The fraction of sp³-hybridized carbons (Fsp3) is 0.308. The van der Waals surface area contributed by atoms with Gasteiger partial charge in [-0.2, -0.15) is 5.10 Å². The Morgan fingerprint density at radius 3 is 2.70 bits per heavy atom. The van der Waals surface area contributed by atoms with Crippen molar-refractivity contribution in [2.75, 3.05) is 12.4 Å². The lowest BCUT2D eigenvalue weighted by Crippen LogP contribution is -2.18. The van der Waals surface area contributed by atoms with Crippen molar-refractivity contribution in [3.05, 3.63) is 41.7 Å². The highest BCUT2D eigenvalue weighted by Crippen LogP contribution is 2.16. The number of hydrogen-bond acceptors (Lipinski definition) is 4. The largest absolute Gasteiger partial charge is 0.381 e. The van der Waals surface area contributed by atoms with Crippen molar-refractivity contribution in [3.63, 3.8) is 0 Å². The molecule has 0 saturated heterocycles. The molecule has 0 radical (unpaired) electrons. The van der Waals surface area contributed by atoms with Crippen LogP contribution in [0.3, 0.4) is 0 Å². The zero-order valence-electron chi connectivity index (χ0n) is 11.7. The quantitative estimate of drug-likeness (QED) is 0.870. The zero-order chi connectivity index (χ0) is 14.8. The molecule has 7 heteroatoms. The summed E-state index contributed by atoms with van der Waals surface area (Å²) >= 11 is 0. The van der Waals surface area contributed by atoms with Gasteiger partial charge in [0.05, 0.1) is 10.6 Å². The molecular formula is C13H18N4O2S. The molecule has 0 saturated carbocycles. The van der Waals surface area contributed by atoms with Gasteiger partial charge in [0.25, 0.3) is 0 Å². The van der Waals surface area contributed by atoms with Crippen LogP contribution < -0.4 is 10.0 Å². The molecule has 6 nitrogen and oxygen atoms in total. The second kappa shape index (κ2) is 5.64. The third kappa shape index (κ3) is 3.17. The highest BCUT2D eigenvalue weighted by molar-refractivity contribution is 7.89. The van der Waals surface area contributed by atoms with E-state index in [-0.39, 0.29) is 4.90 Å². The van der Waals surface area contributed by atoms with Crippen molar-refractivity contribution in [3.8, 4) is 0 Å². The third-order valence-electron chi connectivity index (χ3n) is 3.01. The Morgan fingerprint density at radius 1 is 1.35 bits per heavy atom. The Labute approximate surface area is 118 Å². The first kappa shape index (κ1) is 14.5. The molecule has 0 atom stereocenters. The summed E-state index contributed by atoms with van der Waals surface area (Å²) in [6.07, 6.45) is 1.94. The molecule has 0 unspecified atom stereocenters. The molecule has 108 valence electrons. The standard InChI is InChI=1S/C13H18N4O2S/c1-10-11(9-17(3)16-10)8-15-12-5-4-6-13(7-12)20(18,19)14-2/h4-7,9,14-15H,8H2,1-3H3. The normalized spacial score (nSPS) is 11.6. The lowest BCUT2D eigenvalue weighted by Gasteiger charge is -2.08. The molecule has 2 aromatic rings. The van der Waals surface area contributed by atoms with Gasteiger partial charge in [0.1, 0.15) is 0 Å². The van der Waals surface area contributed by atoms with Crippen LogP contribution in [0.2, 0.25) is 0 Å². The van der Waals surface area contributed by atoms with Crippen molar-refractivity contribution in [2.24, 2.45) is 7.05 Å². The fourth-order valence-electron chi connectivity index (χ4n) is 1.91. The molecular weight excluding hydrogens is 276 g/mol. The van der Waals surface area contributed by atoms with Gasteiger partial charge in [-0.25, -0.2) is 13.1 Å². The maximum Gasteiger partial charge on any atom is 0.240 e. The van der Waals surface area contributed by atoms with Crippen molar-refractivity contribution >= 4 is 15.7 Å². The summed E-state index contributed by atoms with van der Waals surface area (Å²) in [5, 5.41) is 7.47. The first-order chi connectivity index (χ1) is 9.42. The van der Waals surface area contributed by atoms with E-state index < -0.39 is 10.0 Å². The molecule has 0 amide bonds. The molecule has 1 heterocycles. The van der Waals surface area contributed by atoms with Gasteiger partial charge in [-0.05, 0) is 32.2 Å². The number of rotatable bonds is 5. The van der Waals surface area contributed by atoms with Gasteiger partial charge in [0.15, 0.2) is 0 Å². The Bertz CT molecular complexity index is 707. The third-order valence-corrected chi connectivity index (χ3v) is 4.42. The van der Waals surface area contributed by atoms with E-state index in [1.54, 1.807) is 22.9 Å². The van der Waals surface area contributed by atoms with Gasteiger partial charge in [-0.15, -0.1) is 0 Å². The van der Waals surface area contributed by atoms with E-state index in [4.69, 9.17) is 0 Å². The predicted octanol–water partition coefficient (Wildman–Crippen LogP) is 1.25. The lowest BCUT2D eigenvalue weighted by molar-refractivity contribution is 0.588. The molecule has 2 N–H and O–H groups in total. The van der Waals surface area contributed by atoms with Gasteiger partial charge < -0.3 is 5.32 Å². The second-order valence-corrected chi connectivity index (χ2v) is 6.39. The van der Waals surface area contributed by atoms with Crippen LogP contribution in [0.15, 0.2) is 35.4 Å². The molecule has 0 fully saturated rings. The van der Waals surface area contributed by atoms with E-state index in [1.165, 1.54) is 7.05 Å². The number of nitrogens with zero attached hydrogens (tertiary/aromatic N) is 2. The van der Waals surface area contributed by atoms with Crippen LogP contribution in [0.1, 0.15) is 11.3 Å². The van der Waals surface area contributed by atoms with Crippen molar-refractivity contribution < 1.29 is 8.42 Å². The van der Waals surface area contributed by atoms with Crippen molar-refractivity contribution in [2.45, 2.75) is 18.4 Å². The second-order valence-electron chi connectivity index (χ2n) is 4.50. The number of sulfonamides is 1. The first-order valence-electron chi connectivity index (χ1n) is 6.19. The minimum Gasteiger partial charge on any atom is -0.381 e. The molecule has 1 aromatic heterocycles. The van der Waals surface area contributed by atoms with E-state index in [0.29, 0.717) is 6.54 Å². The van der Waals surface area contributed by atoms with E-state index in [1.807, 2.05) is 26.2 Å². The molecule has 0 bridgehead atoms. The number of aromatic nitrogens is 2. The summed E-state index contributed by atoms with van der Waals surface area (Å²) in [5.74, 6) is 0. The highest BCUT2D eigenvalue weighted by Gasteiger charge is 2.11. The summed E-state index contributed by atoms with van der Waals surface area (Å²) in [7, 11) is -0.145. The van der Waals surface area contributed by atoms with Crippen LogP contribution in [0.25, 0.3) is 0 Å². The summed E-state index contributed by atoms with van der Waals surface area (Å²) < 4.78 is 27.5. The van der Waals surface area contributed by atoms with Crippen LogP contribution >= 0.6 is 0 Å². The number of hydrogen-bond donors (Lipinski definition) is 2. The maximum absolute atomic E-state index is 11.7. The molecule has 1 aromatic carbocycles. The summed E-state index contributed by atoms with van der Waals surface area (Å²) in [5.41, 5.74) is 2.79. The van der Waals surface area contributed by atoms with E-state index in [9.17, 15) is 8.42 Å². The number of aryl methyl sites for hydroxylation is 2. The van der Waals surface area contributed by atoms with Crippen molar-refractivity contribution in [1.29, 1.82) is 0 Å². The van der Waals surface area contributed by atoms with E-state index in [2.05, 4.69) is 15.1 Å². The van der Waals surface area contributed by atoms with Crippen LogP contribution in [-0.2, 0) is 23.6 Å². The predicted molar refractivity (Wildman–Crippen MR) is 78.0 cm³/mol. The molecule has 0 aliphatic rings. The van der Waals surface area contributed by atoms with Crippen LogP contribution in [0.4, 0.5) is 5.69 Å². The lowest BCUT2D eigenvalue weighted by atomic mass is 10.2. The van der Waals surface area contributed by atoms with Gasteiger partial charge in [-0.3, -0.25) is 4.68 Å². The summed E-state index contributed by atoms with van der Waals surface area (Å²) in [6.45, 7) is 2.54. The Kier molecular flexibility index (Phi) is 4.10. The smallest absolute Gasteiger partial charge is 0.240 e. The monoisotopic (exact) mass is 294 g/mol. The molecule has 2 rings (SSSR count). The zero-order valence-corrected chi connectivity index (χ0v) is 12.5. The summed E-state index contributed by atoms with van der Waals surface area (Å²) in [4.78, 5) is 0.243. The molecule has 0 aliphatic heterocycles. The van der Waals surface area contributed by atoms with Gasteiger partial charge in [0.2, 0.25) is 10.0 Å². The SMILES string of the molecule is CNS(=O)(=O)c1cccc(NCc2cn(C)nc2C)c1. The van der Waals surface area contributed by atoms with Gasteiger partial charge in [0, 0.05) is 31.0 Å². The van der Waals surface area contributed by atoms with Crippen LogP contribution in [0.5, 0.6) is 0 Å². The van der Waals surface area contributed by atoms with Crippen LogP contribution in [-0.4, -0.2) is 25.2 Å². The minimum atomic E-state index is -3.41. The first-order valence-corrected chi connectivity index (χ1v) is 7.67. The van der Waals surface area contributed by atoms with Gasteiger partial charge >= 0.3 is 0 Å². The highest BCUT2D eigenvalue weighted by atomic mass is 32.2. The molecule has 0 aliphatic carbocycles.